The van der Waals surface area contributed by atoms with Gasteiger partial charge in [-0.05, 0) is 115 Å². The number of carbonyl (C=O) groups excluding carboxylic acids is 2. The van der Waals surface area contributed by atoms with E-state index in [0.717, 1.165) is 56.9 Å². The lowest BCUT2D eigenvalue weighted by molar-refractivity contribution is -0.141. The van der Waals surface area contributed by atoms with Gasteiger partial charge in [-0.1, -0.05) is 17.2 Å². The molecule has 4 fully saturated rings. The Morgan fingerprint density at radius 2 is 1.55 bits per heavy atom. The number of aromatic amines is 1. The first-order chi connectivity index (χ1) is 21.2. The molecule has 6 heterocycles. The Hall–Kier alpha value is -2.68. The normalized spacial score (nSPS) is 23.3. The van der Waals surface area contributed by atoms with Crippen molar-refractivity contribution in [3.05, 3.63) is 45.8 Å². The number of carbonyl (C=O) groups is 2. The van der Waals surface area contributed by atoms with Gasteiger partial charge in [-0.3, -0.25) is 9.59 Å². The number of morpholine rings is 1. The summed E-state index contributed by atoms with van der Waals surface area (Å²) in [7, 11) is 0. The van der Waals surface area contributed by atoms with Gasteiger partial charge in [0.1, 0.15) is 4.83 Å². The molecule has 0 spiro atoms. The van der Waals surface area contributed by atoms with Crippen LogP contribution in [0.4, 0.5) is 0 Å². The number of H-pyrrole nitrogens is 1. The number of ether oxygens (including phenoxy) is 1. The number of nitrogens with one attached hydrogen (secondary N) is 1. The van der Waals surface area contributed by atoms with E-state index in [1.807, 2.05) is 4.90 Å². The van der Waals surface area contributed by atoms with Crippen molar-refractivity contribution in [1.29, 1.82) is 0 Å². The topological polar surface area (TPSA) is 68.9 Å². The number of fused-ring (bicyclic) bond motifs is 3. The van der Waals surface area contributed by atoms with Gasteiger partial charge in [0.2, 0.25) is 11.8 Å². The molecule has 2 amide bonds. The van der Waals surface area contributed by atoms with Gasteiger partial charge in [-0.25, -0.2) is 0 Å². The Labute approximate surface area is 265 Å². The first kappa shape index (κ1) is 30.0. The molecule has 44 heavy (non-hydrogen) atoms. The molecular weight excluding hydrogens is 568 g/mol. The number of piperidine rings is 1. The van der Waals surface area contributed by atoms with E-state index < -0.39 is 5.41 Å². The maximum Gasteiger partial charge on any atom is 0.233 e. The van der Waals surface area contributed by atoms with Crippen LogP contribution in [-0.4, -0.2) is 89.5 Å². The number of aryl methyl sites for hydroxylation is 2. The summed E-state index contributed by atoms with van der Waals surface area (Å²) in [5, 5.41) is 1.27. The molecule has 7 rings (SSSR count). The minimum absolute atomic E-state index is 0.138. The summed E-state index contributed by atoms with van der Waals surface area (Å²) in [5.74, 6) is 0.762. The highest BCUT2D eigenvalue weighted by atomic mass is 32.1. The zero-order valence-electron chi connectivity index (χ0n) is 26.9. The molecule has 236 valence electrons. The van der Waals surface area contributed by atoms with Crippen LogP contribution in [0.1, 0.15) is 73.9 Å². The zero-order chi connectivity index (χ0) is 30.6. The third-order valence-electron chi connectivity index (χ3n) is 10.9. The first-order valence-corrected chi connectivity index (χ1v) is 17.7. The van der Waals surface area contributed by atoms with Crippen molar-refractivity contribution in [2.45, 2.75) is 90.1 Å². The molecule has 0 unspecified atom stereocenters. The molecule has 8 heteroatoms. The standard InChI is InChI=1S/C36H48N4O3S/c1-23-19-24(2)21-26(20-23)32-29(11-14-38-12-9-25(10-13-38)34(41)39-15-17-43-18-16-39)30-22-31(44-33(30)37-32)36(3,4)35(42)40-27-5-6-28(40)8-7-27/h19-22,25,27-28,37H,5-18H2,1-4H3. The summed E-state index contributed by atoms with van der Waals surface area (Å²) < 4.78 is 5.45. The number of nitrogens with zero attached hydrogens (tertiary/aromatic N) is 3. The van der Waals surface area contributed by atoms with Crippen molar-refractivity contribution in [2.24, 2.45) is 5.92 Å². The molecule has 2 aromatic heterocycles. The second-order valence-electron chi connectivity index (χ2n) is 14.3. The highest BCUT2D eigenvalue weighted by molar-refractivity contribution is 7.19. The number of benzene rings is 1. The Balaban J connectivity index is 1.12. The van der Waals surface area contributed by atoms with Crippen LogP contribution in [0.5, 0.6) is 0 Å². The molecule has 4 aliphatic rings. The monoisotopic (exact) mass is 616 g/mol. The van der Waals surface area contributed by atoms with Crippen LogP contribution in [0.15, 0.2) is 24.3 Å². The van der Waals surface area contributed by atoms with Gasteiger partial charge in [-0.2, -0.15) is 0 Å². The quantitative estimate of drug-likeness (QED) is 0.351. The van der Waals surface area contributed by atoms with Crippen molar-refractivity contribution in [1.82, 2.24) is 19.7 Å². The smallest absolute Gasteiger partial charge is 0.233 e. The van der Waals surface area contributed by atoms with Gasteiger partial charge >= 0.3 is 0 Å². The SMILES string of the molecule is Cc1cc(C)cc(-c2[nH]c3sc(C(C)(C)C(=O)N4C5CCC4CC5)cc3c2CCN2CCC(C(=O)N3CCOCC3)CC2)c1. The Morgan fingerprint density at radius 1 is 0.909 bits per heavy atom. The summed E-state index contributed by atoms with van der Waals surface area (Å²) in [6.45, 7) is 14.3. The van der Waals surface area contributed by atoms with Crippen LogP contribution >= 0.6 is 11.3 Å². The summed E-state index contributed by atoms with van der Waals surface area (Å²) in [5.41, 5.74) is 5.79. The second-order valence-corrected chi connectivity index (χ2v) is 15.4. The van der Waals surface area contributed by atoms with Crippen LogP contribution in [0.2, 0.25) is 0 Å². The fourth-order valence-corrected chi connectivity index (χ4v) is 9.54. The third-order valence-corrected chi connectivity index (χ3v) is 12.3. The summed E-state index contributed by atoms with van der Waals surface area (Å²) >= 11 is 1.76. The molecule has 1 aromatic carbocycles. The Morgan fingerprint density at radius 3 is 2.18 bits per heavy atom. The number of hydrogen-bond donors (Lipinski definition) is 1. The predicted molar refractivity (Wildman–Crippen MR) is 177 cm³/mol. The van der Waals surface area contributed by atoms with Crippen molar-refractivity contribution in [3.8, 4) is 11.3 Å². The summed E-state index contributed by atoms with van der Waals surface area (Å²) in [6.07, 6.45) is 7.46. The molecule has 3 aromatic rings. The number of hydrogen-bond acceptors (Lipinski definition) is 5. The molecule has 4 aliphatic heterocycles. The number of thiophene rings is 1. The maximum atomic E-state index is 14.0. The number of rotatable bonds is 7. The molecule has 7 nitrogen and oxygen atoms in total. The van der Waals surface area contributed by atoms with Crippen LogP contribution in [0.25, 0.3) is 21.5 Å². The van der Waals surface area contributed by atoms with E-state index in [1.165, 1.54) is 63.8 Å². The Kier molecular flexibility index (Phi) is 8.13. The minimum atomic E-state index is -0.540. The highest BCUT2D eigenvalue weighted by Gasteiger charge is 2.47. The van der Waals surface area contributed by atoms with Gasteiger partial charge in [0.15, 0.2) is 0 Å². The van der Waals surface area contributed by atoms with Gasteiger partial charge in [0, 0.05) is 47.9 Å². The van der Waals surface area contributed by atoms with Crippen molar-refractivity contribution in [2.75, 3.05) is 45.9 Å². The largest absolute Gasteiger partial charge is 0.378 e. The van der Waals surface area contributed by atoms with Crippen LogP contribution in [0, 0.1) is 19.8 Å². The number of amides is 2. The van der Waals surface area contributed by atoms with Crippen LogP contribution in [0.3, 0.4) is 0 Å². The molecule has 2 bridgehead atoms. The maximum absolute atomic E-state index is 14.0. The molecule has 0 saturated carbocycles. The van der Waals surface area contributed by atoms with Crippen LogP contribution in [-0.2, 0) is 26.2 Å². The lowest BCUT2D eigenvalue weighted by atomic mass is 9.88. The highest BCUT2D eigenvalue weighted by Crippen LogP contribution is 2.44. The lowest BCUT2D eigenvalue weighted by Gasteiger charge is -2.35. The molecule has 1 N–H and O–H groups in total. The van der Waals surface area contributed by atoms with E-state index in [4.69, 9.17) is 4.74 Å². The number of aromatic nitrogens is 1. The molecule has 4 saturated heterocycles. The van der Waals surface area contributed by atoms with E-state index in [0.29, 0.717) is 37.1 Å². The van der Waals surface area contributed by atoms with Crippen molar-refractivity contribution >= 4 is 33.4 Å². The van der Waals surface area contributed by atoms with Crippen molar-refractivity contribution < 1.29 is 14.3 Å². The van der Waals surface area contributed by atoms with Gasteiger partial charge in [0.25, 0.3) is 0 Å². The average molecular weight is 617 g/mol. The average Bonchev–Trinajstić information content (AvgIpc) is 3.80. The van der Waals surface area contributed by atoms with E-state index >= 15 is 0 Å². The molecular formula is C36H48N4O3S. The fourth-order valence-electron chi connectivity index (χ4n) is 8.35. The van der Waals surface area contributed by atoms with E-state index in [-0.39, 0.29) is 5.92 Å². The zero-order valence-corrected chi connectivity index (χ0v) is 27.7. The first-order valence-electron chi connectivity index (χ1n) is 16.8. The second kappa shape index (κ2) is 11.9. The third kappa shape index (κ3) is 5.51. The van der Waals surface area contributed by atoms with E-state index in [1.54, 1.807) is 11.3 Å². The molecule has 0 radical (unpaired) electrons. The predicted octanol–water partition coefficient (Wildman–Crippen LogP) is 6.06. The van der Waals surface area contributed by atoms with E-state index in [2.05, 4.69) is 66.7 Å². The van der Waals surface area contributed by atoms with E-state index in [9.17, 15) is 9.59 Å². The van der Waals surface area contributed by atoms with Gasteiger partial charge < -0.3 is 24.4 Å². The van der Waals surface area contributed by atoms with Crippen molar-refractivity contribution in [3.63, 3.8) is 0 Å². The lowest BCUT2D eigenvalue weighted by Crippen LogP contribution is -2.47. The molecule has 0 aliphatic carbocycles. The molecule has 0 atom stereocenters. The minimum Gasteiger partial charge on any atom is -0.378 e. The Bertz CT molecular complexity index is 1500. The fraction of sp³-hybridized carbons (Fsp3) is 0.611. The van der Waals surface area contributed by atoms with Crippen LogP contribution < -0.4 is 0 Å². The summed E-state index contributed by atoms with van der Waals surface area (Å²) in [6, 6.07) is 10.0. The summed E-state index contributed by atoms with van der Waals surface area (Å²) in [4.78, 5) is 40.0. The number of likely N-dealkylation sites (tertiary alicyclic amines) is 1. The van der Waals surface area contributed by atoms with Gasteiger partial charge in [0.05, 0.1) is 24.3 Å². The van der Waals surface area contributed by atoms with Gasteiger partial charge in [-0.15, -0.1) is 11.3 Å².